The number of aryl methyl sites for hydroxylation is 2. The van der Waals surface area contributed by atoms with E-state index in [2.05, 4.69) is 54.5 Å². The number of hydrogen-bond donors (Lipinski definition) is 2. The lowest BCUT2D eigenvalue weighted by Crippen LogP contribution is -2.33. The molecule has 0 fully saturated rings. The van der Waals surface area contributed by atoms with Crippen LogP contribution < -0.4 is 15.5 Å². The average molecular weight is 533 g/mol. The van der Waals surface area contributed by atoms with E-state index in [4.69, 9.17) is 34.0 Å². The van der Waals surface area contributed by atoms with Crippen molar-refractivity contribution in [1.82, 2.24) is 20.3 Å². The van der Waals surface area contributed by atoms with E-state index in [1.165, 1.54) is 11.8 Å². The van der Waals surface area contributed by atoms with Crippen LogP contribution in [-0.4, -0.2) is 39.1 Å². The molecule has 37 heavy (non-hydrogen) atoms. The fourth-order valence-corrected chi connectivity index (χ4v) is 4.35. The number of thiocarbonyl (C=S) groups is 1. The minimum atomic E-state index is -0.333. The molecule has 4 aromatic rings. The van der Waals surface area contributed by atoms with Crippen LogP contribution in [0.15, 0.2) is 60.7 Å². The first kappa shape index (κ1) is 26.3. The fourth-order valence-electron chi connectivity index (χ4n) is 4.01. The molecular formula is C28H29ClN6OS. The topological polar surface area (TPSA) is 75.1 Å². The Bertz CT molecular complexity index is 1470. The van der Waals surface area contributed by atoms with Gasteiger partial charge in [-0.05, 0) is 105 Å². The van der Waals surface area contributed by atoms with Crippen LogP contribution in [0.25, 0.3) is 22.8 Å². The Morgan fingerprint density at radius 2 is 1.68 bits per heavy atom. The highest BCUT2D eigenvalue weighted by Crippen LogP contribution is 2.25. The van der Waals surface area contributed by atoms with Crippen LogP contribution in [0.2, 0.25) is 5.02 Å². The zero-order valence-corrected chi connectivity index (χ0v) is 22.8. The van der Waals surface area contributed by atoms with Crippen molar-refractivity contribution in [2.24, 2.45) is 0 Å². The van der Waals surface area contributed by atoms with Gasteiger partial charge < -0.3 is 10.2 Å². The van der Waals surface area contributed by atoms with Crippen LogP contribution in [-0.2, 0) is 4.79 Å². The predicted octanol–water partition coefficient (Wildman–Crippen LogP) is 6.06. The predicted molar refractivity (Wildman–Crippen MR) is 157 cm³/mol. The number of rotatable bonds is 7. The van der Waals surface area contributed by atoms with E-state index in [0.29, 0.717) is 5.02 Å². The van der Waals surface area contributed by atoms with Gasteiger partial charge in [-0.1, -0.05) is 23.7 Å². The van der Waals surface area contributed by atoms with E-state index in [-0.39, 0.29) is 11.0 Å². The van der Waals surface area contributed by atoms with E-state index in [1.807, 2.05) is 31.2 Å². The quantitative estimate of drug-likeness (QED) is 0.222. The van der Waals surface area contributed by atoms with Crippen molar-refractivity contribution in [3.8, 4) is 5.69 Å². The van der Waals surface area contributed by atoms with Crippen molar-refractivity contribution >= 4 is 63.3 Å². The first-order valence-electron chi connectivity index (χ1n) is 12.1. The molecule has 0 atom stereocenters. The number of halogens is 1. The lowest BCUT2D eigenvalue weighted by atomic mass is 10.1. The van der Waals surface area contributed by atoms with Gasteiger partial charge in [0.25, 0.3) is 0 Å². The van der Waals surface area contributed by atoms with Gasteiger partial charge in [-0.25, -0.2) is 0 Å². The standard InChI is InChI=1S/C28H29ClN6OS/c1-5-34(6-2)22-12-13-26(19(4)15-22)35-32-24-16-18(3)23(17-25(24)33-35)30-28(37)31-27(36)14-9-20-7-10-21(29)11-8-20/h7-17H,5-6H2,1-4H3,(H2,30,31,36,37)/b14-9+. The molecule has 9 heteroatoms. The van der Waals surface area contributed by atoms with Gasteiger partial charge in [0.2, 0.25) is 5.91 Å². The second-order valence-electron chi connectivity index (χ2n) is 8.62. The van der Waals surface area contributed by atoms with Crippen molar-refractivity contribution in [3.63, 3.8) is 0 Å². The molecule has 1 aromatic heterocycles. The highest BCUT2D eigenvalue weighted by molar-refractivity contribution is 7.80. The monoisotopic (exact) mass is 532 g/mol. The van der Waals surface area contributed by atoms with Gasteiger partial charge in [0.05, 0.1) is 5.69 Å². The molecule has 0 radical (unpaired) electrons. The molecule has 3 aromatic carbocycles. The molecule has 4 rings (SSSR count). The Balaban J connectivity index is 1.48. The van der Waals surface area contributed by atoms with Crippen LogP contribution in [0.4, 0.5) is 11.4 Å². The minimum absolute atomic E-state index is 0.198. The van der Waals surface area contributed by atoms with Gasteiger partial charge in [0.15, 0.2) is 5.11 Å². The smallest absolute Gasteiger partial charge is 0.250 e. The zero-order valence-electron chi connectivity index (χ0n) is 21.2. The van der Waals surface area contributed by atoms with Gasteiger partial charge >= 0.3 is 0 Å². The normalized spacial score (nSPS) is 11.2. The molecule has 0 spiro atoms. The first-order chi connectivity index (χ1) is 17.8. The van der Waals surface area contributed by atoms with Crippen LogP contribution >= 0.6 is 23.8 Å². The molecule has 1 amide bonds. The van der Waals surface area contributed by atoms with E-state index >= 15 is 0 Å². The third-order valence-electron chi connectivity index (χ3n) is 6.03. The number of nitrogens with zero attached hydrogens (tertiary/aromatic N) is 4. The summed E-state index contributed by atoms with van der Waals surface area (Å²) in [5.74, 6) is -0.333. The highest BCUT2D eigenvalue weighted by Gasteiger charge is 2.12. The average Bonchev–Trinajstić information content (AvgIpc) is 3.27. The molecule has 0 aliphatic rings. The summed E-state index contributed by atoms with van der Waals surface area (Å²) in [5.41, 5.74) is 7.24. The Hall–Kier alpha value is -3.75. The van der Waals surface area contributed by atoms with Crippen LogP contribution in [0.5, 0.6) is 0 Å². The number of hydrogen-bond acceptors (Lipinski definition) is 5. The number of nitrogens with one attached hydrogen (secondary N) is 2. The van der Waals surface area contributed by atoms with Crippen molar-refractivity contribution in [2.75, 3.05) is 23.3 Å². The fraction of sp³-hybridized carbons (Fsp3) is 0.214. The summed E-state index contributed by atoms with van der Waals surface area (Å²) < 4.78 is 0. The van der Waals surface area contributed by atoms with E-state index < -0.39 is 0 Å². The number of amides is 1. The van der Waals surface area contributed by atoms with Gasteiger partial charge in [0, 0.05) is 35.6 Å². The third-order valence-corrected chi connectivity index (χ3v) is 6.49. The van der Waals surface area contributed by atoms with Gasteiger partial charge in [-0.2, -0.15) is 4.80 Å². The van der Waals surface area contributed by atoms with Crippen molar-refractivity contribution < 1.29 is 4.79 Å². The lowest BCUT2D eigenvalue weighted by molar-refractivity contribution is -0.115. The Morgan fingerprint density at radius 3 is 2.32 bits per heavy atom. The Kier molecular flexibility index (Phi) is 8.21. The Morgan fingerprint density at radius 1 is 1.00 bits per heavy atom. The number of carbonyl (C=O) groups is 1. The summed E-state index contributed by atoms with van der Waals surface area (Å²) in [6, 6.07) is 17.3. The summed E-state index contributed by atoms with van der Waals surface area (Å²) in [4.78, 5) is 16.3. The number of aromatic nitrogens is 3. The number of carbonyl (C=O) groups excluding carboxylic acids is 1. The third kappa shape index (κ3) is 6.34. The van der Waals surface area contributed by atoms with Crippen molar-refractivity contribution in [1.29, 1.82) is 0 Å². The first-order valence-corrected chi connectivity index (χ1v) is 12.8. The molecule has 0 unspecified atom stereocenters. The molecule has 1 heterocycles. The largest absolute Gasteiger partial charge is 0.372 e. The van der Waals surface area contributed by atoms with Crippen LogP contribution in [0.1, 0.15) is 30.5 Å². The highest BCUT2D eigenvalue weighted by atomic mass is 35.5. The molecule has 0 bridgehead atoms. The van der Waals surface area contributed by atoms with Gasteiger partial charge in [0.1, 0.15) is 11.0 Å². The second-order valence-corrected chi connectivity index (χ2v) is 9.46. The summed E-state index contributed by atoms with van der Waals surface area (Å²) in [6.45, 7) is 10.2. The van der Waals surface area contributed by atoms with Crippen molar-refractivity contribution in [3.05, 3.63) is 82.4 Å². The van der Waals surface area contributed by atoms with Crippen LogP contribution in [0, 0.1) is 13.8 Å². The molecule has 2 N–H and O–H groups in total. The molecule has 7 nitrogen and oxygen atoms in total. The minimum Gasteiger partial charge on any atom is -0.372 e. The summed E-state index contributed by atoms with van der Waals surface area (Å²) in [7, 11) is 0. The molecule has 0 aliphatic carbocycles. The molecule has 0 saturated heterocycles. The zero-order chi connectivity index (χ0) is 26.5. The summed E-state index contributed by atoms with van der Waals surface area (Å²) in [5, 5.41) is 16.0. The summed E-state index contributed by atoms with van der Waals surface area (Å²) in [6.07, 6.45) is 3.12. The van der Waals surface area contributed by atoms with E-state index in [1.54, 1.807) is 23.0 Å². The number of anilines is 2. The second kappa shape index (κ2) is 11.5. The number of benzene rings is 3. The van der Waals surface area contributed by atoms with Crippen LogP contribution in [0.3, 0.4) is 0 Å². The van der Waals surface area contributed by atoms with Gasteiger partial charge in [-0.3, -0.25) is 10.1 Å². The lowest BCUT2D eigenvalue weighted by Gasteiger charge is -2.22. The molecule has 190 valence electrons. The summed E-state index contributed by atoms with van der Waals surface area (Å²) >= 11 is 11.2. The van der Waals surface area contributed by atoms with E-state index in [0.717, 1.165) is 52.2 Å². The van der Waals surface area contributed by atoms with Gasteiger partial charge in [-0.15, -0.1) is 10.2 Å². The maximum absolute atomic E-state index is 12.3. The SMILES string of the molecule is CCN(CC)c1ccc(-n2nc3cc(C)c(NC(=S)NC(=O)/C=C/c4ccc(Cl)cc4)cc3n2)c(C)c1. The number of fused-ring (bicyclic) bond motifs is 1. The molecule has 0 aliphatic heterocycles. The van der Waals surface area contributed by atoms with E-state index in [9.17, 15) is 4.79 Å². The molecular weight excluding hydrogens is 504 g/mol. The maximum Gasteiger partial charge on any atom is 0.250 e. The van der Waals surface area contributed by atoms with Crippen molar-refractivity contribution in [2.45, 2.75) is 27.7 Å². The maximum atomic E-state index is 12.3. The molecule has 0 saturated carbocycles. The Labute approximate surface area is 227 Å².